The predicted molar refractivity (Wildman–Crippen MR) is 96.1 cm³/mol. The fourth-order valence-corrected chi connectivity index (χ4v) is 3.08. The van der Waals surface area contributed by atoms with Gasteiger partial charge in [-0.2, -0.15) is 0 Å². The Bertz CT molecular complexity index is 893. The lowest BCUT2D eigenvalue weighted by molar-refractivity contribution is 0.628. The summed E-state index contributed by atoms with van der Waals surface area (Å²) in [6.45, 7) is 0.805. The van der Waals surface area contributed by atoms with Crippen LogP contribution in [-0.2, 0) is 13.1 Å². The number of hydrogen-bond donors (Lipinski definition) is 1. The molecule has 0 atom stereocenters. The van der Waals surface area contributed by atoms with Crippen molar-refractivity contribution in [3.63, 3.8) is 0 Å². The summed E-state index contributed by atoms with van der Waals surface area (Å²) in [7, 11) is 0. The van der Waals surface area contributed by atoms with Crippen LogP contribution in [0.3, 0.4) is 0 Å². The van der Waals surface area contributed by atoms with Gasteiger partial charge in [0.1, 0.15) is 5.82 Å². The first-order valence-corrected chi connectivity index (χ1v) is 8.26. The van der Waals surface area contributed by atoms with Crippen molar-refractivity contribution in [2.75, 3.05) is 0 Å². The standard InChI is InChI=1S/C17H13Cl3FN3/c18-13-4-1-10(5-15(13)20)8-24-9-23-17(16(24)7-22)12-3-2-11(21)6-14(12)19/h1-6,9H,7-8,22H2. The van der Waals surface area contributed by atoms with Crippen LogP contribution in [0.15, 0.2) is 42.7 Å². The third-order valence-electron chi connectivity index (χ3n) is 3.66. The van der Waals surface area contributed by atoms with E-state index in [1.807, 2.05) is 10.6 Å². The maximum Gasteiger partial charge on any atom is 0.124 e. The summed E-state index contributed by atoms with van der Waals surface area (Å²) < 4.78 is 15.2. The van der Waals surface area contributed by atoms with E-state index in [9.17, 15) is 4.39 Å². The van der Waals surface area contributed by atoms with Crippen LogP contribution in [0.5, 0.6) is 0 Å². The Balaban J connectivity index is 1.99. The number of halogens is 4. The fourth-order valence-electron chi connectivity index (χ4n) is 2.50. The number of nitrogens with zero attached hydrogens (tertiary/aromatic N) is 2. The molecule has 1 heterocycles. The van der Waals surface area contributed by atoms with Crippen molar-refractivity contribution >= 4 is 34.8 Å². The molecule has 2 aromatic carbocycles. The third kappa shape index (κ3) is 3.42. The summed E-state index contributed by atoms with van der Waals surface area (Å²) in [6, 6.07) is 9.64. The smallest absolute Gasteiger partial charge is 0.124 e. The largest absolute Gasteiger partial charge is 0.328 e. The van der Waals surface area contributed by atoms with Gasteiger partial charge >= 0.3 is 0 Å². The molecule has 0 amide bonds. The zero-order chi connectivity index (χ0) is 17.3. The molecule has 2 N–H and O–H groups in total. The van der Waals surface area contributed by atoms with E-state index in [2.05, 4.69) is 4.98 Å². The number of hydrogen-bond acceptors (Lipinski definition) is 2. The monoisotopic (exact) mass is 383 g/mol. The van der Waals surface area contributed by atoms with E-state index in [4.69, 9.17) is 40.5 Å². The molecule has 0 aliphatic heterocycles. The van der Waals surface area contributed by atoms with Gasteiger partial charge in [0.15, 0.2) is 0 Å². The van der Waals surface area contributed by atoms with E-state index in [0.717, 1.165) is 11.3 Å². The average Bonchev–Trinajstić information content (AvgIpc) is 2.93. The second kappa shape index (κ2) is 7.11. The summed E-state index contributed by atoms with van der Waals surface area (Å²) in [6.07, 6.45) is 1.68. The van der Waals surface area contributed by atoms with Crippen LogP contribution < -0.4 is 5.73 Å². The predicted octanol–water partition coefficient (Wildman–Crippen LogP) is 5.16. The highest BCUT2D eigenvalue weighted by molar-refractivity contribution is 6.42. The number of aromatic nitrogens is 2. The molecular formula is C17H13Cl3FN3. The molecule has 0 saturated heterocycles. The quantitative estimate of drug-likeness (QED) is 0.675. The van der Waals surface area contributed by atoms with Crippen LogP contribution in [0.25, 0.3) is 11.3 Å². The van der Waals surface area contributed by atoms with E-state index in [0.29, 0.717) is 32.9 Å². The molecular weight excluding hydrogens is 372 g/mol. The van der Waals surface area contributed by atoms with Crippen LogP contribution in [0.1, 0.15) is 11.3 Å². The molecule has 0 aliphatic carbocycles. The molecule has 3 nitrogen and oxygen atoms in total. The molecule has 124 valence electrons. The van der Waals surface area contributed by atoms with Gasteiger partial charge in [-0.05, 0) is 35.9 Å². The summed E-state index contributed by atoms with van der Waals surface area (Å²) >= 11 is 18.1. The average molecular weight is 385 g/mol. The van der Waals surface area contributed by atoms with Crippen LogP contribution in [-0.4, -0.2) is 9.55 Å². The molecule has 3 rings (SSSR count). The highest BCUT2D eigenvalue weighted by Gasteiger charge is 2.15. The van der Waals surface area contributed by atoms with E-state index in [1.54, 1.807) is 24.5 Å². The zero-order valence-electron chi connectivity index (χ0n) is 12.4. The van der Waals surface area contributed by atoms with Crippen molar-refractivity contribution in [2.24, 2.45) is 5.73 Å². The van der Waals surface area contributed by atoms with Gasteiger partial charge in [0.05, 0.1) is 32.8 Å². The van der Waals surface area contributed by atoms with Crippen LogP contribution in [0.2, 0.25) is 15.1 Å². The highest BCUT2D eigenvalue weighted by atomic mass is 35.5. The first kappa shape index (κ1) is 17.2. The Labute approximate surface area is 153 Å². The van der Waals surface area contributed by atoms with Crippen molar-refractivity contribution < 1.29 is 4.39 Å². The topological polar surface area (TPSA) is 43.8 Å². The Hall–Kier alpha value is -1.59. The van der Waals surface area contributed by atoms with Crippen molar-refractivity contribution in [2.45, 2.75) is 13.1 Å². The van der Waals surface area contributed by atoms with Crippen molar-refractivity contribution in [1.82, 2.24) is 9.55 Å². The number of imidazole rings is 1. The summed E-state index contributed by atoms with van der Waals surface area (Å²) in [5.74, 6) is -0.395. The Morgan fingerprint density at radius 3 is 2.46 bits per heavy atom. The van der Waals surface area contributed by atoms with E-state index < -0.39 is 5.82 Å². The third-order valence-corrected chi connectivity index (χ3v) is 4.71. The minimum absolute atomic E-state index is 0.268. The van der Waals surface area contributed by atoms with Gasteiger partial charge in [0, 0.05) is 18.7 Å². The SMILES string of the molecule is NCc1c(-c2ccc(F)cc2Cl)ncn1Cc1ccc(Cl)c(Cl)c1. The van der Waals surface area contributed by atoms with Gasteiger partial charge in [-0.1, -0.05) is 40.9 Å². The molecule has 0 aliphatic rings. The lowest BCUT2D eigenvalue weighted by Gasteiger charge is -2.10. The van der Waals surface area contributed by atoms with E-state index in [1.165, 1.54) is 12.1 Å². The first-order valence-electron chi connectivity index (χ1n) is 7.13. The Kier molecular flexibility index (Phi) is 5.11. The van der Waals surface area contributed by atoms with Crippen LogP contribution in [0.4, 0.5) is 4.39 Å². The van der Waals surface area contributed by atoms with Crippen LogP contribution >= 0.6 is 34.8 Å². The molecule has 3 aromatic rings. The van der Waals surface area contributed by atoms with Crippen molar-refractivity contribution in [3.8, 4) is 11.3 Å². The maximum absolute atomic E-state index is 13.3. The molecule has 0 bridgehead atoms. The molecule has 0 fully saturated rings. The second-order valence-electron chi connectivity index (χ2n) is 5.24. The molecule has 0 radical (unpaired) electrons. The Morgan fingerprint density at radius 2 is 1.79 bits per heavy atom. The normalized spacial score (nSPS) is 11.0. The Morgan fingerprint density at radius 1 is 1.00 bits per heavy atom. The lowest BCUT2D eigenvalue weighted by Crippen LogP contribution is -2.08. The zero-order valence-corrected chi connectivity index (χ0v) is 14.7. The minimum Gasteiger partial charge on any atom is -0.328 e. The number of rotatable bonds is 4. The first-order chi connectivity index (χ1) is 11.5. The number of benzene rings is 2. The van der Waals surface area contributed by atoms with Crippen molar-refractivity contribution in [3.05, 3.63) is 74.9 Å². The molecule has 0 unspecified atom stereocenters. The lowest BCUT2D eigenvalue weighted by atomic mass is 10.1. The molecule has 24 heavy (non-hydrogen) atoms. The van der Waals surface area contributed by atoms with Crippen LogP contribution in [0, 0.1) is 5.82 Å². The summed E-state index contributed by atoms with van der Waals surface area (Å²) in [5.41, 5.74) is 8.95. The maximum atomic E-state index is 13.3. The highest BCUT2D eigenvalue weighted by Crippen LogP contribution is 2.30. The van der Waals surface area contributed by atoms with Gasteiger partial charge in [-0.15, -0.1) is 0 Å². The molecule has 7 heteroatoms. The van der Waals surface area contributed by atoms with Gasteiger partial charge in [-0.3, -0.25) is 0 Å². The second-order valence-corrected chi connectivity index (χ2v) is 6.47. The fraction of sp³-hybridized carbons (Fsp3) is 0.118. The van der Waals surface area contributed by atoms with Gasteiger partial charge in [0.25, 0.3) is 0 Å². The van der Waals surface area contributed by atoms with E-state index in [-0.39, 0.29) is 6.54 Å². The number of nitrogens with two attached hydrogens (primary N) is 1. The molecule has 0 spiro atoms. The summed E-state index contributed by atoms with van der Waals surface area (Å²) in [5, 5.41) is 1.29. The summed E-state index contributed by atoms with van der Waals surface area (Å²) in [4.78, 5) is 4.40. The molecule has 1 aromatic heterocycles. The minimum atomic E-state index is -0.395. The van der Waals surface area contributed by atoms with Gasteiger partial charge < -0.3 is 10.3 Å². The van der Waals surface area contributed by atoms with Gasteiger partial charge in [-0.25, -0.2) is 9.37 Å². The molecule has 0 saturated carbocycles. The van der Waals surface area contributed by atoms with E-state index >= 15 is 0 Å². The van der Waals surface area contributed by atoms with Crippen molar-refractivity contribution in [1.29, 1.82) is 0 Å². The van der Waals surface area contributed by atoms with Gasteiger partial charge in [0.2, 0.25) is 0 Å².